The van der Waals surface area contributed by atoms with Crippen molar-refractivity contribution in [2.45, 2.75) is 26.0 Å². The van der Waals surface area contributed by atoms with Crippen molar-refractivity contribution in [3.8, 4) is 0 Å². The van der Waals surface area contributed by atoms with Gasteiger partial charge in [-0.05, 0) is 6.92 Å². The molecule has 0 saturated heterocycles. The van der Waals surface area contributed by atoms with Gasteiger partial charge in [-0.15, -0.1) is 0 Å². The molecule has 1 atom stereocenters. The monoisotopic (exact) mass is 293 g/mol. The van der Waals surface area contributed by atoms with Crippen molar-refractivity contribution in [2.24, 2.45) is 7.05 Å². The summed E-state index contributed by atoms with van der Waals surface area (Å²) in [6.45, 7) is 3.18. The summed E-state index contributed by atoms with van der Waals surface area (Å²) in [7, 11) is -1.78. The van der Waals surface area contributed by atoms with Gasteiger partial charge in [-0.25, -0.2) is 26.1 Å². The van der Waals surface area contributed by atoms with E-state index in [0.29, 0.717) is 0 Å². The lowest BCUT2D eigenvalue weighted by molar-refractivity contribution is -0.671. The second-order valence-electron chi connectivity index (χ2n) is 3.10. The quantitative estimate of drug-likeness (QED) is 0.507. The minimum Gasteiger partial charge on any atom is -0.240 e. The Labute approximate surface area is 103 Å². The molecular formula is C8H13F4N2O3S+. The van der Waals surface area contributed by atoms with Crippen LogP contribution < -0.4 is 4.57 Å². The molecule has 1 rings (SSSR count). The molecule has 0 aromatic carbocycles. The van der Waals surface area contributed by atoms with Crippen molar-refractivity contribution >= 4 is 11.0 Å². The minimum absolute atomic E-state index is 1.06. The van der Waals surface area contributed by atoms with E-state index in [1.807, 2.05) is 17.8 Å². The summed E-state index contributed by atoms with van der Waals surface area (Å²) in [5.41, 5.74) is 0. The molecule has 5 nitrogen and oxygen atoms in total. The van der Waals surface area contributed by atoms with E-state index < -0.39 is 23.5 Å². The number of halogens is 4. The normalized spacial score (nSPS) is 13.1. The lowest BCUT2D eigenvalue weighted by atomic mass is 10.7. The maximum absolute atomic E-state index is 11.4. The second-order valence-corrected chi connectivity index (χ2v) is 3.75. The minimum atomic E-state index is -5.28. The molecule has 0 fully saturated rings. The van der Waals surface area contributed by atoms with Crippen LogP contribution in [0.1, 0.15) is 6.92 Å². The van der Waals surface area contributed by atoms with Crippen molar-refractivity contribution in [1.29, 1.82) is 0 Å². The van der Waals surface area contributed by atoms with Crippen molar-refractivity contribution < 1.29 is 34.7 Å². The zero-order valence-electron chi connectivity index (χ0n) is 9.59. The Balaban J connectivity index is 0.000000327. The summed E-state index contributed by atoms with van der Waals surface area (Å²) in [5.74, 6) is 0. The fourth-order valence-electron chi connectivity index (χ4n) is 0.824. The third-order valence-corrected chi connectivity index (χ3v) is 1.98. The molecule has 1 aromatic heterocycles. The highest BCUT2D eigenvalue weighted by Gasteiger charge is 2.42. The maximum atomic E-state index is 11.4. The van der Waals surface area contributed by atoms with E-state index >= 15 is 0 Å². The first kappa shape index (κ1) is 16.8. The molecule has 106 valence electrons. The smallest absolute Gasteiger partial charge is 0.240 e. The fourth-order valence-corrected chi connectivity index (χ4v) is 1.09. The Hall–Kier alpha value is -1.16. The summed E-state index contributed by atoms with van der Waals surface area (Å²) in [5, 5.41) is 0. The molecule has 0 radical (unpaired) electrons. The molecule has 0 aliphatic rings. The van der Waals surface area contributed by atoms with E-state index in [4.69, 9.17) is 0 Å². The van der Waals surface area contributed by atoms with Crippen LogP contribution in [0, 0.1) is 0 Å². The van der Waals surface area contributed by atoms with Crippen LogP contribution in [-0.4, -0.2) is 25.5 Å². The zero-order valence-corrected chi connectivity index (χ0v) is 10.5. The summed E-state index contributed by atoms with van der Waals surface area (Å²) in [4.78, 5) is 0. The molecule has 1 heterocycles. The standard InChI is InChI=1S/C6H11N2.C2H2F4O3S/c1-3-8-5-4-7(2)6-8;3-1(2(4,5)6)9-10(7)8/h4-6H,3H2,1-2H3;1,10H/q+1;. The predicted octanol–water partition coefficient (Wildman–Crippen LogP) is 0.720. The van der Waals surface area contributed by atoms with E-state index in [1.165, 1.54) is 0 Å². The van der Waals surface area contributed by atoms with E-state index in [-0.39, 0.29) is 0 Å². The molecule has 0 bridgehead atoms. The van der Waals surface area contributed by atoms with Crippen LogP contribution in [0.2, 0.25) is 0 Å². The third-order valence-electron chi connectivity index (χ3n) is 1.62. The van der Waals surface area contributed by atoms with Crippen LogP contribution in [0.4, 0.5) is 17.6 Å². The van der Waals surface area contributed by atoms with Gasteiger partial charge in [0.1, 0.15) is 12.4 Å². The first-order chi connectivity index (χ1) is 8.16. The van der Waals surface area contributed by atoms with Gasteiger partial charge in [0.15, 0.2) is 0 Å². The molecule has 0 spiro atoms. The highest BCUT2D eigenvalue weighted by Crippen LogP contribution is 2.23. The van der Waals surface area contributed by atoms with Gasteiger partial charge >= 0.3 is 12.5 Å². The molecule has 0 N–H and O–H groups in total. The summed E-state index contributed by atoms with van der Waals surface area (Å²) in [6.07, 6.45) is -2.90. The number of nitrogens with zero attached hydrogens (tertiary/aromatic N) is 2. The topological polar surface area (TPSA) is 52.2 Å². The second kappa shape index (κ2) is 7.31. The Morgan fingerprint density at radius 1 is 1.44 bits per heavy atom. The van der Waals surface area contributed by atoms with Gasteiger partial charge in [0.05, 0.1) is 13.6 Å². The maximum Gasteiger partial charge on any atom is 0.446 e. The SMILES string of the molecule is CCn1cc[n+](C)c1.O=[SH](=O)OC(F)C(F)(F)F. The average molecular weight is 293 g/mol. The van der Waals surface area contributed by atoms with E-state index in [9.17, 15) is 26.0 Å². The number of hydrogen-bond donors (Lipinski definition) is 1. The van der Waals surface area contributed by atoms with E-state index in [1.54, 1.807) is 0 Å². The van der Waals surface area contributed by atoms with Crippen LogP contribution in [0.15, 0.2) is 18.7 Å². The third kappa shape index (κ3) is 7.22. The molecule has 0 saturated carbocycles. The van der Waals surface area contributed by atoms with Crippen LogP contribution >= 0.6 is 0 Å². The molecule has 0 amide bonds. The lowest BCUT2D eigenvalue weighted by Crippen LogP contribution is -2.26. The van der Waals surface area contributed by atoms with E-state index in [0.717, 1.165) is 6.54 Å². The summed E-state index contributed by atoms with van der Waals surface area (Å²) < 4.78 is 70.2. The number of thiol groups is 1. The van der Waals surface area contributed by atoms with Crippen molar-refractivity contribution in [3.63, 3.8) is 0 Å². The summed E-state index contributed by atoms with van der Waals surface area (Å²) in [6, 6.07) is 0. The number of hydrogen-bond acceptors (Lipinski definition) is 3. The zero-order chi connectivity index (χ0) is 14.3. The Bertz CT molecular complexity index is 422. The highest BCUT2D eigenvalue weighted by molar-refractivity contribution is 7.67. The van der Waals surface area contributed by atoms with Gasteiger partial charge in [0.25, 0.3) is 11.0 Å². The van der Waals surface area contributed by atoms with Gasteiger partial charge in [-0.3, -0.25) is 0 Å². The van der Waals surface area contributed by atoms with Crippen LogP contribution in [0.3, 0.4) is 0 Å². The molecule has 1 unspecified atom stereocenters. The Morgan fingerprint density at radius 3 is 2.17 bits per heavy atom. The molecule has 18 heavy (non-hydrogen) atoms. The number of imidazole rings is 1. The van der Waals surface area contributed by atoms with Crippen molar-refractivity contribution in [3.05, 3.63) is 18.7 Å². The van der Waals surface area contributed by atoms with Gasteiger partial charge in [-0.1, -0.05) is 0 Å². The Morgan fingerprint density at radius 2 is 2.00 bits per heavy atom. The van der Waals surface area contributed by atoms with Crippen molar-refractivity contribution in [1.82, 2.24) is 4.57 Å². The number of aromatic nitrogens is 2. The number of alkyl halides is 4. The molecule has 10 heteroatoms. The first-order valence-corrected chi connectivity index (χ1v) is 5.79. The van der Waals surface area contributed by atoms with Crippen LogP contribution in [0.25, 0.3) is 0 Å². The number of aryl methyl sites for hydroxylation is 2. The Kier molecular flexibility index (Phi) is 6.84. The first-order valence-electron chi connectivity index (χ1n) is 4.69. The average Bonchev–Trinajstić information content (AvgIpc) is 2.63. The van der Waals surface area contributed by atoms with Gasteiger partial charge in [-0.2, -0.15) is 13.2 Å². The van der Waals surface area contributed by atoms with Crippen LogP contribution in [0.5, 0.6) is 0 Å². The van der Waals surface area contributed by atoms with E-state index in [2.05, 4.69) is 28.2 Å². The van der Waals surface area contributed by atoms with Crippen molar-refractivity contribution in [2.75, 3.05) is 0 Å². The van der Waals surface area contributed by atoms with Gasteiger partial charge in [0.2, 0.25) is 6.33 Å². The molecule has 1 aromatic rings. The summed E-state index contributed by atoms with van der Waals surface area (Å²) >= 11 is 0. The predicted molar refractivity (Wildman–Crippen MR) is 53.6 cm³/mol. The fraction of sp³-hybridized carbons (Fsp3) is 0.625. The molecular weight excluding hydrogens is 280 g/mol. The largest absolute Gasteiger partial charge is 0.446 e. The number of rotatable bonds is 3. The van der Waals surface area contributed by atoms with Crippen LogP contribution in [-0.2, 0) is 28.8 Å². The van der Waals surface area contributed by atoms with Gasteiger partial charge in [0, 0.05) is 0 Å². The molecule has 0 aliphatic heterocycles. The highest BCUT2D eigenvalue weighted by atomic mass is 32.2. The van der Waals surface area contributed by atoms with Gasteiger partial charge < -0.3 is 0 Å². The lowest BCUT2D eigenvalue weighted by Gasteiger charge is -2.07. The molecule has 0 aliphatic carbocycles.